The molecule has 25 heavy (non-hydrogen) atoms. The lowest BCUT2D eigenvalue weighted by atomic mass is 10.1. The van der Waals surface area contributed by atoms with E-state index in [4.69, 9.17) is 9.73 Å². The molecule has 7 heteroatoms. The molecule has 0 spiro atoms. The Morgan fingerprint density at radius 3 is 2.64 bits per heavy atom. The van der Waals surface area contributed by atoms with Crippen LogP contribution in [0.1, 0.15) is 20.8 Å². The van der Waals surface area contributed by atoms with Gasteiger partial charge < -0.3 is 15.4 Å². The molecule has 0 aliphatic carbocycles. The SMILES string of the molecule is COc1ccc2nccc(NC(=NC(C)(C)C)Nc3nccs3)c2c1. The van der Waals surface area contributed by atoms with E-state index in [1.807, 2.05) is 50.4 Å². The number of fused-ring (bicyclic) bond motifs is 1. The fraction of sp³-hybridized carbons (Fsp3) is 0.278. The van der Waals surface area contributed by atoms with E-state index in [1.165, 1.54) is 11.3 Å². The molecule has 3 rings (SSSR count). The van der Waals surface area contributed by atoms with Crippen LogP contribution in [0.3, 0.4) is 0 Å². The van der Waals surface area contributed by atoms with E-state index in [2.05, 4.69) is 20.6 Å². The minimum absolute atomic E-state index is 0.243. The number of guanidine groups is 1. The molecule has 0 aliphatic heterocycles. The quantitative estimate of drug-likeness (QED) is 0.539. The average Bonchev–Trinajstić information content (AvgIpc) is 3.06. The Hall–Kier alpha value is -2.67. The van der Waals surface area contributed by atoms with E-state index in [1.54, 1.807) is 19.5 Å². The number of hydrogen-bond donors (Lipinski definition) is 2. The third kappa shape index (κ3) is 4.45. The molecule has 0 radical (unpaired) electrons. The van der Waals surface area contributed by atoms with Crippen LogP contribution < -0.4 is 15.4 Å². The Kier molecular flexibility index (Phi) is 4.85. The number of benzene rings is 1. The van der Waals surface area contributed by atoms with Gasteiger partial charge in [0.25, 0.3) is 0 Å². The van der Waals surface area contributed by atoms with E-state index in [-0.39, 0.29) is 5.54 Å². The second kappa shape index (κ2) is 7.06. The number of hydrogen-bond acceptors (Lipinski definition) is 5. The van der Waals surface area contributed by atoms with Crippen molar-refractivity contribution < 1.29 is 4.74 Å². The summed E-state index contributed by atoms with van der Waals surface area (Å²) < 4.78 is 5.34. The number of ether oxygens (including phenoxy) is 1. The van der Waals surface area contributed by atoms with Crippen molar-refractivity contribution >= 4 is 39.0 Å². The van der Waals surface area contributed by atoms with Gasteiger partial charge in [-0.3, -0.25) is 4.98 Å². The number of anilines is 2. The van der Waals surface area contributed by atoms with Crippen molar-refractivity contribution in [3.8, 4) is 5.75 Å². The minimum Gasteiger partial charge on any atom is -0.497 e. The lowest BCUT2D eigenvalue weighted by Crippen LogP contribution is -2.27. The highest BCUT2D eigenvalue weighted by Crippen LogP contribution is 2.26. The van der Waals surface area contributed by atoms with Crippen molar-refractivity contribution in [3.05, 3.63) is 42.0 Å². The topological polar surface area (TPSA) is 71.4 Å². The number of aromatic nitrogens is 2. The Labute approximate surface area is 151 Å². The van der Waals surface area contributed by atoms with Crippen LogP contribution in [0.2, 0.25) is 0 Å². The summed E-state index contributed by atoms with van der Waals surface area (Å²) in [6.45, 7) is 6.14. The summed E-state index contributed by atoms with van der Waals surface area (Å²) >= 11 is 1.52. The van der Waals surface area contributed by atoms with Crippen LogP contribution in [-0.2, 0) is 0 Å². The summed E-state index contributed by atoms with van der Waals surface area (Å²) in [6, 6.07) is 7.72. The Balaban J connectivity index is 1.99. The number of thiazole rings is 1. The number of methoxy groups -OCH3 is 1. The van der Waals surface area contributed by atoms with Gasteiger partial charge in [-0.25, -0.2) is 9.98 Å². The third-order valence-corrected chi connectivity index (χ3v) is 4.00. The highest BCUT2D eigenvalue weighted by Gasteiger charge is 2.13. The monoisotopic (exact) mass is 355 g/mol. The second-order valence-electron chi connectivity index (χ2n) is 6.46. The zero-order chi connectivity index (χ0) is 17.9. The maximum absolute atomic E-state index is 5.34. The maximum Gasteiger partial charge on any atom is 0.202 e. The van der Waals surface area contributed by atoms with Gasteiger partial charge in [0.15, 0.2) is 5.13 Å². The van der Waals surface area contributed by atoms with E-state index < -0.39 is 0 Å². The summed E-state index contributed by atoms with van der Waals surface area (Å²) in [6.07, 6.45) is 3.53. The zero-order valence-electron chi connectivity index (χ0n) is 14.7. The zero-order valence-corrected chi connectivity index (χ0v) is 15.5. The third-order valence-electron chi connectivity index (χ3n) is 3.31. The number of aliphatic imine (C=N–C) groups is 1. The van der Waals surface area contributed by atoms with Gasteiger partial charge in [-0.05, 0) is 45.0 Å². The summed E-state index contributed by atoms with van der Waals surface area (Å²) in [4.78, 5) is 13.4. The molecule has 6 nitrogen and oxygen atoms in total. The van der Waals surface area contributed by atoms with Gasteiger partial charge in [0, 0.05) is 23.2 Å². The molecule has 0 aliphatic rings. The maximum atomic E-state index is 5.34. The predicted molar refractivity (Wildman–Crippen MR) is 105 cm³/mol. The van der Waals surface area contributed by atoms with Crippen LogP contribution in [0.4, 0.5) is 10.8 Å². The molecule has 0 amide bonds. The first kappa shape index (κ1) is 17.2. The molecule has 0 saturated carbocycles. The van der Waals surface area contributed by atoms with Crippen molar-refractivity contribution in [2.45, 2.75) is 26.3 Å². The predicted octanol–water partition coefficient (Wildman–Crippen LogP) is 4.38. The first-order valence-electron chi connectivity index (χ1n) is 7.91. The molecule has 3 aromatic rings. The van der Waals surface area contributed by atoms with Gasteiger partial charge in [-0.1, -0.05) is 0 Å². The Morgan fingerprint density at radius 1 is 1.12 bits per heavy atom. The normalized spacial score (nSPS) is 12.2. The molecule has 1 aromatic carbocycles. The molecule has 2 heterocycles. The van der Waals surface area contributed by atoms with Crippen molar-refractivity contribution in [3.63, 3.8) is 0 Å². The van der Waals surface area contributed by atoms with Gasteiger partial charge in [0.1, 0.15) is 5.75 Å². The fourth-order valence-corrected chi connectivity index (χ4v) is 2.83. The van der Waals surface area contributed by atoms with Crippen LogP contribution in [-0.4, -0.2) is 28.6 Å². The molecular weight excluding hydrogens is 334 g/mol. The lowest BCUT2D eigenvalue weighted by Gasteiger charge is -2.18. The molecule has 0 unspecified atom stereocenters. The lowest BCUT2D eigenvalue weighted by molar-refractivity contribution is 0.415. The first-order valence-corrected chi connectivity index (χ1v) is 8.79. The molecule has 2 N–H and O–H groups in total. The van der Waals surface area contributed by atoms with E-state index in [0.717, 1.165) is 27.5 Å². The summed E-state index contributed by atoms with van der Waals surface area (Å²) in [5, 5.41) is 10.3. The fourth-order valence-electron chi connectivity index (χ4n) is 2.30. The van der Waals surface area contributed by atoms with Gasteiger partial charge in [0.2, 0.25) is 5.96 Å². The summed E-state index contributed by atoms with van der Waals surface area (Å²) in [5.41, 5.74) is 1.54. The van der Waals surface area contributed by atoms with Crippen LogP contribution in [0, 0.1) is 0 Å². The van der Waals surface area contributed by atoms with Crippen LogP contribution in [0.15, 0.2) is 47.0 Å². The number of nitrogens with one attached hydrogen (secondary N) is 2. The molecule has 0 saturated heterocycles. The minimum atomic E-state index is -0.243. The van der Waals surface area contributed by atoms with E-state index >= 15 is 0 Å². The van der Waals surface area contributed by atoms with Crippen molar-refractivity contribution in [1.29, 1.82) is 0 Å². The standard InChI is InChI=1S/C18H21N5OS/c1-18(2,3)23-16(22-17-20-9-10-25-17)21-15-7-8-19-14-6-5-12(24-4)11-13(14)15/h5-11H,1-4H3,(H2,19,20,21,22,23). The van der Waals surface area contributed by atoms with Gasteiger partial charge in [0.05, 0.1) is 23.9 Å². The van der Waals surface area contributed by atoms with Gasteiger partial charge in [-0.2, -0.15) is 0 Å². The van der Waals surface area contributed by atoms with Crippen LogP contribution >= 0.6 is 11.3 Å². The van der Waals surface area contributed by atoms with Crippen LogP contribution in [0.5, 0.6) is 5.75 Å². The van der Waals surface area contributed by atoms with Crippen molar-refractivity contribution in [2.75, 3.05) is 17.7 Å². The molecule has 130 valence electrons. The Morgan fingerprint density at radius 2 is 1.96 bits per heavy atom. The number of pyridine rings is 1. The Bertz CT molecular complexity index is 884. The second-order valence-corrected chi connectivity index (χ2v) is 7.35. The number of nitrogens with zero attached hydrogens (tertiary/aromatic N) is 3. The highest BCUT2D eigenvalue weighted by atomic mass is 32.1. The number of rotatable bonds is 3. The smallest absolute Gasteiger partial charge is 0.202 e. The van der Waals surface area contributed by atoms with E-state index in [9.17, 15) is 0 Å². The first-order chi connectivity index (χ1) is 11.9. The van der Waals surface area contributed by atoms with Crippen molar-refractivity contribution in [1.82, 2.24) is 9.97 Å². The van der Waals surface area contributed by atoms with Crippen molar-refractivity contribution in [2.24, 2.45) is 4.99 Å². The van der Waals surface area contributed by atoms with Gasteiger partial charge in [-0.15, -0.1) is 11.3 Å². The highest BCUT2D eigenvalue weighted by molar-refractivity contribution is 7.13. The molecular formula is C18H21N5OS. The van der Waals surface area contributed by atoms with Crippen LogP contribution in [0.25, 0.3) is 10.9 Å². The van der Waals surface area contributed by atoms with Gasteiger partial charge >= 0.3 is 0 Å². The molecule has 0 atom stereocenters. The summed E-state index contributed by atoms with van der Waals surface area (Å²) in [5.74, 6) is 1.42. The molecule has 2 aromatic heterocycles. The average molecular weight is 355 g/mol. The largest absolute Gasteiger partial charge is 0.497 e. The molecule has 0 bridgehead atoms. The molecule has 0 fully saturated rings. The summed E-state index contributed by atoms with van der Waals surface area (Å²) in [7, 11) is 1.65. The van der Waals surface area contributed by atoms with E-state index in [0.29, 0.717) is 5.96 Å².